The number of hydrogen-bond donors (Lipinski definition) is 0. The maximum atomic E-state index is 12.9. The number of carbonyl (C=O) groups excluding carboxylic acids is 1. The Morgan fingerprint density at radius 2 is 1.95 bits per heavy atom. The lowest BCUT2D eigenvalue weighted by molar-refractivity contribution is -0.126. The van der Waals surface area contributed by atoms with Gasteiger partial charge < -0.3 is 0 Å². The molecule has 2 unspecified atom stereocenters. The van der Waals surface area contributed by atoms with Crippen molar-refractivity contribution in [1.29, 1.82) is 0 Å². The molecule has 2 atom stereocenters. The average molecular weight is 342 g/mol. The van der Waals surface area contributed by atoms with Crippen molar-refractivity contribution < 1.29 is 13.2 Å². The largest absolute Gasteiger partial charge is 0.299 e. The van der Waals surface area contributed by atoms with Crippen LogP contribution in [0.3, 0.4) is 0 Å². The highest BCUT2D eigenvalue weighted by Crippen LogP contribution is 2.36. The smallest absolute Gasteiger partial charge is 0.270 e. The van der Waals surface area contributed by atoms with Gasteiger partial charge in [-0.25, -0.2) is 13.4 Å². The molecule has 22 heavy (non-hydrogen) atoms. The summed E-state index contributed by atoms with van der Waals surface area (Å²) in [4.78, 5) is 17.4. The molecule has 0 bridgehead atoms. The van der Waals surface area contributed by atoms with Crippen LogP contribution in [0.4, 0.5) is 0 Å². The van der Waals surface area contributed by atoms with E-state index in [0.717, 1.165) is 42.7 Å². The van der Waals surface area contributed by atoms with Crippen LogP contribution in [0.1, 0.15) is 49.1 Å². The van der Waals surface area contributed by atoms with E-state index in [2.05, 4.69) is 4.98 Å². The Morgan fingerprint density at radius 1 is 1.18 bits per heavy atom. The summed E-state index contributed by atoms with van der Waals surface area (Å²) < 4.78 is 27.6. The van der Waals surface area contributed by atoms with E-state index in [0.29, 0.717) is 13.0 Å². The number of Topliss-reactive ketones (excluding diaryl/α,β-unsaturated/α-hetero) is 1. The zero-order valence-corrected chi connectivity index (χ0v) is 14.7. The molecule has 2 heterocycles. The Hall–Kier alpha value is -0.790. The van der Waals surface area contributed by atoms with Gasteiger partial charge in [-0.15, -0.1) is 11.3 Å². The molecule has 1 aliphatic heterocycles. The number of nitrogens with zero attached hydrogens (tertiary/aromatic N) is 2. The molecule has 0 amide bonds. The second kappa shape index (κ2) is 6.02. The summed E-state index contributed by atoms with van der Waals surface area (Å²) in [7, 11) is -3.57. The summed E-state index contributed by atoms with van der Waals surface area (Å²) in [6.45, 7) is 4.23. The summed E-state index contributed by atoms with van der Waals surface area (Å²) in [5, 5.41) is 0. The first-order valence-electron chi connectivity index (χ1n) is 7.90. The molecule has 1 saturated heterocycles. The number of hydrogen-bond acceptors (Lipinski definition) is 5. The lowest BCUT2D eigenvalue weighted by atomic mass is 9.82. The predicted octanol–water partition coefficient (Wildman–Crippen LogP) is 2.67. The summed E-state index contributed by atoms with van der Waals surface area (Å²) in [6, 6.07) is -0.165. The normalized spacial score (nSPS) is 27.5. The number of rotatable bonds is 3. The van der Waals surface area contributed by atoms with E-state index in [4.69, 9.17) is 0 Å². The van der Waals surface area contributed by atoms with Crippen LogP contribution in [0.15, 0.2) is 4.34 Å². The first-order valence-corrected chi connectivity index (χ1v) is 10.2. The number of carbonyl (C=O) groups is 1. The maximum Gasteiger partial charge on any atom is 0.270 e. The van der Waals surface area contributed by atoms with Gasteiger partial charge in [0, 0.05) is 29.8 Å². The summed E-state index contributed by atoms with van der Waals surface area (Å²) in [5.41, 5.74) is 0.771. The van der Waals surface area contributed by atoms with Gasteiger partial charge in [0.1, 0.15) is 5.78 Å². The molecule has 3 rings (SSSR count). The van der Waals surface area contributed by atoms with E-state index in [1.165, 1.54) is 11.3 Å². The van der Waals surface area contributed by atoms with Crippen LogP contribution in [0, 0.1) is 19.8 Å². The first kappa shape index (κ1) is 16.1. The van der Waals surface area contributed by atoms with Crippen molar-refractivity contribution in [2.45, 2.75) is 62.8 Å². The van der Waals surface area contributed by atoms with Crippen molar-refractivity contribution >= 4 is 27.1 Å². The molecule has 1 aliphatic carbocycles. The minimum atomic E-state index is -3.57. The van der Waals surface area contributed by atoms with Crippen molar-refractivity contribution in [3.05, 3.63) is 10.6 Å². The van der Waals surface area contributed by atoms with Gasteiger partial charge in [-0.1, -0.05) is 6.42 Å². The topological polar surface area (TPSA) is 67.3 Å². The minimum absolute atomic E-state index is 0.117. The van der Waals surface area contributed by atoms with E-state index in [-0.39, 0.29) is 22.1 Å². The van der Waals surface area contributed by atoms with Crippen molar-refractivity contribution in [2.75, 3.05) is 6.54 Å². The third kappa shape index (κ3) is 2.74. The van der Waals surface area contributed by atoms with Gasteiger partial charge in [0.25, 0.3) is 10.0 Å². The molecule has 122 valence electrons. The van der Waals surface area contributed by atoms with Gasteiger partial charge in [0.05, 0.1) is 5.69 Å². The highest BCUT2D eigenvalue weighted by Gasteiger charge is 2.43. The quantitative estimate of drug-likeness (QED) is 0.847. The monoisotopic (exact) mass is 342 g/mol. The number of sulfonamides is 1. The Bertz CT molecular complexity index is 661. The molecule has 0 aromatic carbocycles. The zero-order valence-electron chi connectivity index (χ0n) is 13.0. The molecule has 1 aromatic rings. The lowest BCUT2D eigenvalue weighted by Crippen LogP contribution is -2.43. The zero-order chi connectivity index (χ0) is 15.9. The predicted molar refractivity (Wildman–Crippen MR) is 85.5 cm³/mol. The van der Waals surface area contributed by atoms with Crippen LogP contribution in [0.25, 0.3) is 0 Å². The molecule has 5 nitrogen and oxygen atoms in total. The highest BCUT2D eigenvalue weighted by atomic mass is 32.2. The van der Waals surface area contributed by atoms with Gasteiger partial charge >= 0.3 is 0 Å². The average Bonchev–Trinajstić information content (AvgIpc) is 3.08. The molecule has 0 radical (unpaired) electrons. The molecule has 0 N–H and O–H groups in total. The Balaban J connectivity index is 1.90. The van der Waals surface area contributed by atoms with E-state index in [1.807, 2.05) is 13.8 Å². The standard InChI is InChI=1S/C15H22N2O3S2/c1-10-11(2)21-15(16-10)22(19,20)17-9-5-7-13(17)12-6-3-4-8-14(12)18/h12-13H,3-9H2,1-2H3. The van der Waals surface area contributed by atoms with Gasteiger partial charge in [-0.05, 0) is 39.5 Å². The molecule has 1 saturated carbocycles. The second-order valence-electron chi connectivity index (χ2n) is 6.27. The van der Waals surface area contributed by atoms with E-state index >= 15 is 0 Å². The molecule has 7 heteroatoms. The van der Waals surface area contributed by atoms with Crippen LogP contribution in [0.2, 0.25) is 0 Å². The van der Waals surface area contributed by atoms with Crippen molar-refractivity contribution in [1.82, 2.24) is 9.29 Å². The number of aromatic nitrogens is 1. The van der Waals surface area contributed by atoms with Crippen molar-refractivity contribution in [3.63, 3.8) is 0 Å². The SMILES string of the molecule is Cc1nc(S(=O)(=O)N2CCCC2C2CCCCC2=O)sc1C. The molecule has 1 aromatic heterocycles. The Kier molecular flexibility index (Phi) is 4.40. The molecular formula is C15H22N2O3S2. The minimum Gasteiger partial charge on any atom is -0.299 e. The van der Waals surface area contributed by atoms with Crippen molar-refractivity contribution in [2.24, 2.45) is 5.92 Å². The second-order valence-corrected chi connectivity index (χ2v) is 9.53. The fourth-order valence-corrected chi connectivity index (χ4v) is 6.69. The number of ketones is 1. The van der Waals surface area contributed by atoms with Gasteiger partial charge in [-0.3, -0.25) is 4.79 Å². The van der Waals surface area contributed by atoms with Crippen LogP contribution in [-0.4, -0.2) is 36.1 Å². The van der Waals surface area contributed by atoms with Crippen LogP contribution < -0.4 is 0 Å². The van der Waals surface area contributed by atoms with Crippen molar-refractivity contribution in [3.8, 4) is 0 Å². The van der Waals surface area contributed by atoms with E-state index in [9.17, 15) is 13.2 Å². The van der Waals surface area contributed by atoms with Crippen LogP contribution >= 0.6 is 11.3 Å². The summed E-state index contributed by atoms with van der Waals surface area (Å²) in [5.74, 6) is 0.123. The Morgan fingerprint density at radius 3 is 2.59 bits per heavy atom. The van der Waals surface area contributed by atoms with Gasteiger partial charge in [0.2, 0.25) is 4.34 Å². The first-order chi connectivity index (χ1) is 10.4. The molecular weight excluding hydrogens is 320 g/mol. The third-order valence-corrected chi connectivity index (χ3v) is 8.21. The number of aryl methyl sites for hydroxylation is 2. The third-order valence-electron chi connectivity index (χ3n) is 4.85. The van der Waals surface area contributed by atoms with Crippen LogP contribution in [-0.2, 0) is 14.8 Å². The molecule has 2 aliphatic rings. The molecule has 2 fully saturated rings. The maximum absolute atomic E-state index is 12.9. The fourth-order valence-electron chi connectivity index (χ4n) is 3.54. The number of thiazole rings is 1. The lowest BCUT2D eigenvalue weighted by Gasteiger charge is -2.31. The highest BCUT2D eigenvalue weighted by molar-refractivity contribution is 7.91. The summed E-state index contributed by atoms with van der Waals surface area (Å²) in [6.07, 6.45) is 5.02. The molecule has 0 spiro atoms. The van der Waals surface area contributed by atoms with E-state index < -0.39 is 10.0 Å². The Labute approximate surface area is 135 Å². The fraction of sp³-hybridized carbons (Fsp3) is 0.733. The summed E-state index contributed by atoms with van der Waals surface area (Å²) >= 11 is 1.23. The van der Waals surface area contributed by atoms with E-state index in [1.54, 1.807) is 4.31 Å². The van der Waals surface area contributed by atoms with Gasteiger partial charge in [-0.2, -0.15) is 4.31 Å². The van der Waals surface area contributed by atoms with Crippen LogP contribution in [0.5, 0.6) is 0 Å². The van der Waals surface area contributed by atoms with Gasteiger partial charge in [0.15, 0.2) is 0 Å².